The number of hydrogen-bond donors (Lipinski definition) is 0. The molecule has 0 aliphatic heterocycles. The molecule has 1 aromatic heterocycles. The molecule has 0 bridgehead atoms. The van der Waals surface area contributed by atoms with Gasteiger partial charge in [0, 0.05) is 7.05 Å². The zero-order valence-corrected chi connectivity index (χ0v) is 9.89. The molecular weight excluding hydrogens is 243 g/mol. The summed E-state index contributed by atoms with van der Waals surface area (Å²) in [6.07, 6.45) is -4.26. The number of nitrogens with zero attached hydrogens (tertiary/aromatic N) is 3. The van der Waals surface area contributed by atoms with E-state index in [4.69, 9.17) is 0 Å². The molecule has 0 atom stereocenters. The molecule has 0 N–H and O–H groups in total. The van der Waals surface area contributed by atoms with E-state index in [9.17, 15) is 18.0 Å². The fourth-order valence-corrected chi connectivity index (χ4v) is 1.76. The third kappa shape index (κ3) is 3.03. The van der Waals surface area contributed by atoms with Crippen molar-refractivity contribution in [3.8, 4) is 0 Å². The van der Waals surface area contributed by atoms with Crippen molar-refractivity contribution in [1.29, 1.82) is 0 Å². The normalized spacial score (nSPS) is 12.4. The zero-order valence-electron chi connectivity index (χ0n) is 9.08. The zero-order chi connectivity index (χ0) is 12.5. The van der Waals surface area contributed by atoms with Gasteiger partial charge in [0.15, 0.2) is 5.16 Å². The fraction of sp³-hybridized carbons (Fsp3) is 0.750. The van der Waals surface area contributed by atoms with Crippen LogP contribution in [0.2, 0.25) is 0 Å². The van der Waals surface area contributed by atoms with Crippen molar-refractivity contribution in [2.75, 3.05) is 5.75 Å². The minimum absolute atomic E-state index is 0.0797. The van der Waals surface area contributed by atoms with Crippen LogP contribution in [0.15, 0.2) is 9.95 Å². The lowest BCUT2D eigenvalue weighted by Gasteiger charge is -2.04. The maximum atomic E-state index is 12.0. The minimum Gasteiger partial charge on any atom is -0.273 e. The second kappa shape index (κ2) is 4.52. The summed E-state index contributed by atoms with van der Waals surface area (Å²) in [5.41, 5.74) is -0.403. The highest BCUT2D eigenvalue weighted by Crippen LogP contribution is 2.25. The first-order chi connectivity index (χ1) is 7.22. The van der Waals surface area contributed by atoms with Crippen LogP contribution in [-0.2, 0) is 7.05 Å². The van der Waals surface area contributed by atoms with E-state index in [2.05, 4.69) is 5.10 Å². The smallest absolute Gasteiger partial charge is 0.273 e. The Bertz CT molecular complexity index is 421. The summed E-state index contributed by atoms with van der Waals surface area (Å²) in [4.78, 5) is 11.5. The predicted molar refractivity (Wildman–Crippen MR) is 54.6 cm³/mol. The van der Waals surface area contributed by atoms with Gasteiger partial charge in [0.05, 0.1) is 11.8 Å². The third-order valence-electron chi connectivity index (χ3n) is 1.82. The van der Waals surface area contributed by atoms with Crippen molar-refractivity contribution >= 4 is 11.8 Å². The molecule has 0 aromatic carbocycles. The number of halogens is 3. The van der Waals surface area contributed by atoms with Crippen molar-refractivity contribution in [2.24, 2.45) is 7.05 Å². The Hall–Kier alpha value is -0.920. The van der Waals surface area contributed by atoms with Crippen LogP contribution in [0, 0.1) is 0 Å². The average Bonchev–Trinajstić information content (AvgIpc) is 2.40. The molecule has 0 aliphatic carbocycles. The van der Waals surface area contributed by atoms with Gasteiger partial charge in [0.25, 0.3) is 0 Å². The Labute approximate surface area is 94.4 Å². The fourth-order valence-electron chi connectivity index (χ4n) is 1.05. The maximum Gasteiger partial charge on any atom is 0.398 e. The Morgan fingerprint density at radius 1 is 1.44 bits per heavy atom. The SMILES string of the molecule is CC(C)n1nc(SCC(F)(F)F)n(C)c1=O. The summed E-state index contributed by atoms with van der Waals surface area (Å²) in [5, 5.41) is 3.92. The Kier molecular flexibility index (Phi) is 3.72. The summed E-state index contributed by atoms with van der Waals surface area (Å²) < 4.78 is 38.3. The van der Waals surface area contributed by atoms with Gasteiger partial charge in [-0.2, -0.15) is 13.2 Å². The molecule has 1 rings (SSSR count). The quantitative estimate of drug-likeness (QED) is 0.773. The molecule has 0 saturated carbocycles. The van der Waals surface area contributed by atoms with Crippen LogP contribution in [0.1, 0.15) is 19.9 Å². The molecule has 92 valence electrons. The minimum atomic E-state index is -4.26. The Morgan fingerprint density at radius 3 is 2.38 bits per heavy atom. The second-order valence-corrected chi connectivity index (χ2v) is 4.51. The van der Waals surface area contributed by atoms with Gasteiger partial charge in [0.1, 0.15) is 0 Å². The predicted octanol–water partition coefficient (Wildman–Crippen LogP) is 1.82. The van der Waals surface area contributed by atoms with E-state index >= 15 is 0 Å². The van der Waals surface area contributed by atoms with Crippen molar-refractivity contribution in [3.05, 3.63) is 10.5 Å². The van der Waals surface area contributed by atoms with Gasteiger partial charge in [0.2, 0.25) is 0 Å². The average molecular weight is 255 g/mol. The molecule has 4 nitrogen and oxygen atoms in total. The van der Waals surface area contributed by atoms with Gasteiger partial charge in [-0.1, -0.05) is 11.8 Å². The van der Waals surface area contributed by atoms with E-state index in [1.54, 1.807) is 13.8 Å². The van der Waals surface area contributed by atoms with Crippen molar-refractivity contribution < 1.29 is 13.2 Å². The summed E-state index contributed by atoms with van der Waals surface area (Å²) in [6.45, 7) is 3.49. The number of aromatic nitrogens is 3. The van der Waals surface area contributed by atoms with Gasteiger partial charge in [-0.25, -0.2) is 9.48 Å². The molecule has 0 spiro atoms. The lowest BCUT2D eigenvalue weighted by Crippen LogP contribution is -2.24. The summed E-state index contributed by atoms with van der Waals surface area (Å²) in [7, 11) is 1.41. The number of rotatable bonds is 3. The first-order valence-electron chi connectivity index (χ1n) is 4.57. The highest BCUT2D eigenvalue weighted by Gasteiger charge is 2.28. The summed E-state index contributed by atoms with van der Waals surface area (Å²) >= 11 is 0.512. The summed E-state index contributed by atoms with van der Waals surface area (Å²) in [6, 6.07) is -0.168. The molecule has 0 amide bonds. The highest BCUT2D eigenvalue weighted by molar-refractivity contribution is 7.99. The van der Waals surface area contributed by atoms with Crippen LogP contribution >= 0.6 is 11.8 Å². The Morgan fingerprint density at radius 2 is 2.00 bits per heavy atom. The topological polar surface area (TPSA) is 39.8 Å². The van der Waals surface area contributed by atoms with E-state index in [0.29, 0.717) is 11.8 Å². The third-order valence-corrected chi connectivity index (χ3v) is 2.90. The standard InChI is InChI=1S/C8H12F3N3OS/c1-5(2)14-7(15)13(3)6(12-14)16-4-8(9,10)11/h5H,4H2,1-3H3. The van der Waals surface area contributed by atoms with E-state index in [1.165, 1.54) is 11.7 Å². The van der Waals surface area contributed by atoms with Crippen molar-refractivity contribution in [2.45, 2.75) is 31.2 Å². The number of alkyl halides is 3. The molecule has 16 heavy (non-hydrogen) atoms. The molecular formula is C8H12F3N3OS. The van der Waals surface area contributed by atoms with E-state index < -0.39 is 17.6 Å². The number of hydrogen-bond acceptors (Lipinski definition) is 3. The van der Waals surface area contributed by atoms with Crippen LogP contribution in [0.5, 0.6) is 0 Å². The van der Waals surface area contributed by atoms with Crippen LogP contribution in [-0.4, -0.2) is 26.3 Å². The molecule has 0 fully saturated rings. The van der Waals surface area contributed by atoms with Gasteiger partial charge < -0.3 is 0 Å². The van der Waals surface area contributed by atoms with E-state index in [0.717, 1.165) is 4.57 Å². The van der Waals surface area contributed by atoms with E-state index in [1.807, 2.05) is 0 Å². The van der Waals surface area contributed by atoms with Crippen molar-refractivity contribution in [3.63, 3.8) is 0 Å². The molecule has 8 heteroatoms. The second-order valence-electron chi connectivity index (χ2n) is 3.57. The molecule has 0 saturated heterocycles. The van der Waals surface area contributed by atoms with Gasteiger partial charge in [-0.3, -0.25) is 4.57 Å². The van der Waals surface area contributed by atoms with Crippen LogP contribution < -0.4 is 5.69 Å². The first-order valence-corrected chi connectivity index (χ1v) is 5.56. The lowest BCUT2D eigenvalue weighted by atomic mass is 10.4. The number of thioether (sulfide) groups is 1. The monoisotopic (exact) mass is 255 g/mol. The first kappa shape index (κ1) is 13.1. The van der Waals surface area contributed by atoms with E-state index in [-0.39, 0.29) is 11.2 Å². The summed E-state index contributed by atoms with van der Waals surface area (Å²) in [5.74, 6) is -1.05. The van der Waals surface area contributed by atoms with Gasteiger partial charge in [-0.15, -0.1) is 5.10 Å². The molecule has 0 aliphatic rings. The van der Waals surface area contributed by atoms with Gasteiger partial charge >= 0.3 is 11.9 Å². The maximum absolute atomic E-state index is 12.0. The lowest BCUT2D eigenvalue weighted by molar-refractivity contribution is -0.105. The Balaban J connectivity index is 2.91. The van der Waals surface area contributed by atoms with Crippen LogP contribution in [0.25, 0.3) is 0 Å². The molecule has 1 aromatic rings. The molecule has 0 unspecified atom stereocenters. The largest absolute Gasteiger partial charge is 0.398 e. The van der Waals surface area contributed by atoms with Crippen LogP contribution in [0.4, 0.5) is 13.2 Å². The van der Waals surface area contributed by atoms with Crippen LogP contribution in [0.3, 0.4) is 0 Å². The van der Waals surface area contributed by atoms with Crippen molar-refractivity contribution in [1.82, 2.24) is 14.3 Å². The van der Waals surface area contributed by atoms with Gasteiger partial charge in [-0.05, 0) is 13.8 Å². The highest BCUT2D eigenvalue weighted by atomic mass is 32.2. The molecule has 1 heterocycles. The molecule has 0 radical (unpaired) electrons.